The van der Waals surface area contributed by atoms with E-state index in [1.165, 1.54) is 0 Å². The number of halogens is 1. The zero-order valence-corrected chi connectivity index (χ0v) is 10.1. The monoisotopic (exact) mass is 267 g/mol. The predicted molar refractivity (Wildman–Crippen MR) is 64.0 cm³/mol. The van der Waals surface area contributed by atoms with Crippen LogP contribution >= 0.6 is 15.9 Å². The van der Waals surface area contributed by atoms with Gasteiger partial charge in [0.2, 0.25) is 0 Å². The summed E-state index contributed by atoms with van der Waals surface area (Å²) in [5.41, 5.74) is 0.864. The standard InChI is InChI=1S/C12H14BrNO/c13-11-3-1-2-10(8-11)12(9-15)4-6-14-7-5-12/h1-3,8-9,14H,4-7H2. The molecule has 0 bridgehead atoms. The van der Waals surface area contributed by atoms with Crippen molar-refractivity contribution in [3.8, 4) is 0 Å². The van der Waals surface area contributed by atoms with E-state index in [1.807, 2.05) is 18.2 Å². The molecule has 0 aliphatic carbocycles. The maximum absolute atomic E-state index is 11.4. The lowest BCUT2D eigenvalue weighted by Gasteiger charge is -2.33. The molecule has 80 valence electrons. The first-order valence-corrected chi connectivity index (χ1v) is 5.99. The van der Waals surface area contributed by atoms with Crippen LogP contribution in [0.3, 0.4) is 0 Å². The van der Waals surface area contributed by atoms with Crippen LogP contribution in [0, 0.1) is 0 Å². The van der Waals surface area contributed by atoms with Crippen molar-refractivity contribution in [3.05, 3.63) is 34.3 Å². The van der Waals surface area contributed by atoms with Crippen molar-refractivity contribution in [1.82, 2.24) is 5.32 Å². The quantitative estimate of drug-likeness (QED) is 0.834. The molecule has 0 saturated carbocycles. The number of nitrogens with one attached hydrogen (secondary N) is 1. The van der Waals surface area contributed by atoms with Crippen LogP contribution in [0.25, 0.3) is 0 Å². The summed E-state index contributed by atoms with van der Waals surface area (Å²) in [6.45, 7) is 1.84. The Labute approximate surface area is 98.2 Å². The van der Waals surface area contributed by atoms with Crippen LogP contribution < -0.4 is 5.32 Å². The number of hydrogen-bond acceptors (Lipinski definition) is 2. The van der Waals surface area contributed by atoms with Crippen LogP contribution in [0.5, 0.6) is 0 Å². The van der Waals surface area contributed by atoms with Gasteiger partial charge < -0.3 is 10.1 Å². The van der Waals surface area contributed by atoms with E-state index in [4.69, 9.17) is 0 Å². The molecule has 1 saturated heterocycles. The van der Waals surface area contributed by atoms with E-state index in [0.29, 0.717) is 0 Å². The number of piperidine rings is 1. The minimum atomic E-state index is -0.269. The van der Waals surface area contributed by atoms with Crippen molar-refractivity contribution < 1.29 is 4.79 Å². The van der Waals surface area contributed by atoms with E-state index in [0.717, 1.165) is 42.3 Å². The zero-order chi connectivity index (χ0) is 10.7. The van der Waals surface area contributed by atoms with Crippen LogP contribution in [-0.2, 0) is 10.2 Å². The summed E-state index contributed by atoms with van der Waals surface area (Å²) in [4.78, 5) is 11.4. The summed E-state index contributed by atoms with van der Waals surface area (Å²) < 4.78 is 1.04. The largest absolute Gasteiger partial charge is 0.317 e. The molecule has 1 aromatic rings. The van der Waals surface area contributed by atoms with E-state index < -0.39 is 0 Å². The van der Waals surface area contributed by atoms with Gasteiger partial charge in [-0.1, -0.05) is 28.1 Å². The fourth-order valence-electron chi connectivity index (χ4n) is 2.15. The van der Waals surface area contributed by atoms with Gasteiger partial charge in [-0.3, -0.25) is 0 Å². The average Bonchev–Trinajstić information content (AvgIpc) is 2.30. The van der Waals surface area contributed by atoms with Crippen LogP contribution in [-0.4, -0.2) is 19.4 Å². The highest BCUT2D eigenvalue weighted by Crippen LogP contribution is 2.32. The molecule has 0 radical (unpaired) electrons. The number of aldehydes is 1. The molecule has 0 atom stereocenters. The fraction of sp³-hybridized carbons (Fsp3) is 0.417. The Hall–Kier alpha value is -0.670. The van der Waals surface area contributed by atoms with Crippen LogP contribution in [0.2, 0.25) is 0 Å². The normalized spacial score (nSPS) is 19.8. The van der Waals surface area contributed by atoms with Crippen molar-refractivity contribution in [2.75, 3.05) is 13.1 Å². The van der Waals surface area contributed by atoms with Gasteiger partial charge in [-0.15, -0.1) is 0 Å². The smallest absolute Gasteiger partial charge is 0.130 e. The van der Waals surface area contributed by atoms with Gasteiger partial charge in [0.05, 0.1) is 5.41 Å². The molecule has 15 heavy (non-hydrogen) atoms. The SMILES string of the molecule is O=CC1(c2cccc(Br)c2)CCNCC1. The van der Waals surface area contributed by atoms with Gasteiger partial charge in [0, 0.05) is 4.47 Å². The highest BCUT2D eigenvalue weighted by atomic mass is 79.9. The van der Waals surface area contributed by atoms with Gasteiger partial charge in [-0.25, -0.2) is 0 Å². The molecular formula is C12H14BrNO. The molecule has 1 fully saturated rings. The number of benzene rings is 1. The van der Waals surface area contributed by atoms with Crippen molar-refractivity contribution in [2.24, 2.45) is 0 Å². The van der Waals surface area contributed by atoms with Crippen molar-refractivity contribution in [3.63, 3.8) is 0 Å². The second-order valence-electron chi connectivity index (χ2n) is 4.03. The van der Waals surface area contributed by atoms with Crippen molar-refractivity contribution >= 4 is 22.2 Å². The van der Waals surface area contributed by atoms with E-state index in [-0.39, 0.29) is 5.41 Å². The van der Waals surface area contributed by atoms with Crippen LogP contribution in [0.4, 0.5) is 0 Å². The number of hydrogen-bond donors (Lipinski definition) is 1. The topological polar surface area (TPSA) is 29.1 Å². The Morgan fingerprint density at radius 2 is 2.07 bits per heavy atom. The molecule has 1 heterocycles. The third-order valence-electron chi connectivity index (χ3n) is 3.12. The lowest BCUT2D eigenvalue weighted by Crippen LogP contribution is -2.41. The minimum absolute atomic E-state index is 0.269. The minimum Gasteiger partial charge on any atom is -0.317 e. The van der Waals surface area contributed by atoms with Gasteiger partial charge >= 0.3 is 0 Å². The summed E-state index contributed by atoms with van der Waals surface area (Å²) in [5.74, 6) is 0. The van der Waals surface area contributed by atoms with Crippen molar-refractivity contribution in [1.29, 1.82) is 0 Å². The third kappa shape index (κ3) is 2.13. The summed E-state index contributed by atoms with van der Waals surface area (Å²) in [6, 6.07) is 8.08. The molecule has 0 unspecified atom stereocenters. The second-order valence-corrected chi connectivity index (χ2v) is 4.95. The molecule has 1 aliphatic rings. The molecule has 2 rings (SSSR count). The van der Waals surface area contributed by atoms with Gasteiger partial charge in [-0.05, 0) is 43.6 Å². The molecule has 1 aliphatic heterocycles. The summed E-state index contributed by atoms with van der Waals surface area (Å²) in [6.07, 6.45) is 2.91. The van der Waals surface area contributed by atoms with Gasteiger partial charge in [0.15, 0.2) is 0 Å². The highest BCUT2D eigenvalue weighted by molar-refractivity contribution is 9.10. The number of carbonyl (C=O) groups excluding carboxylic acids is 1. The summed E-state index contributed by atoms with van der Waals surface area (Å²) in [5, 5.41) is 3.29. The lowest BCUT2D eigenvalue weighted by atomic mass is 9.74. The van der Waals surface area contributed by atoms with E-state index in [2.05, 4.69) is 27.3 Å². The molecule has 0 amide bonds. The van der Waals surface area contributed by atoms with Crippen molar-refractivity contribution in [2.45, 2.75) is 18.3 Å². The Balaban J connectivity index is 2.36. The first-order valence-electron chi connectivity index (χ1n) is 5.20. The number of rotatable bonds is 2. The van der Waals surface area contributed by atoms with Gasteiger partial charge in [0.1, 0.15) is 6.29 Å². The molecular weight excluding hydrogens is 254 g/mol. The Kier molecular flexibility index (Phi) is 3.22. The summed E-state index contributed by atoms with van der Waals surface area (Å²) >= 11 is 3.45. The fourth-order valence-corrected chi connectivity index (χ4v) is 2.54. The third-order valence-corrected chi connectivity index (χ3v) is 3.61. The maximum atomic E-state index is 11.4. The van der Waals surface area contributed by atoms with Gasteiger partial charge in [0.25, 0.3) is 0 Å². The first kappa shape index (κ1) is 10.8. The van der Waals surface area contributed by atoms with E-state index in [1.54, 1.807) is 0 Å². The Bertz CT molecular complexity index is 358. The second kappa shape index (κ2) is 4.45. The lowest BCUT2D eigenvalue weighted by molar-refractivity contribution is -0.113. The average molecular weight is 268 g/mol. The van der Waals surface area contributed by atoms with E-state index in [9.17, 15) is 4.79 Å². The van der Waals surface area contributed by atoms with E-state index >= 15 is 0 Å². The molecule has 1 aromatic carbocycles. The highest BCUT2D eigenvalue weighted by Gasteiger charge is 2.33. The molecule has 2 nitrogen and oxygen atoms in total. The van der Waals surface area contributed by atoms with Crippen LogP contribution in [0.15, 0.2) is 28.7 Å². The molecule has 3 heteroatoms. The summed E-state index contributed by atoms with van der Waals surface area (Å²) in [7, 11) is 0. The molecule has 0 spiro atoms. The maximum Gasteiger partial charge on any atom is 0.130 e. The Morgan fingerprint density at radius 3 is 2.67 bits per heavy atom. The number of carbonyl (C=O) groups is 1. The van der Waals surface area contributed by atoms with Gasteiger partial charge in [-0.2, -0.15) is 0 Å². The Morgan fingerprint density at radius 1 is 1.33 bits per heavy atom. The first-order chi connectivity index (χ1) is 7.27. The molecule has 0 aromatic heterocycles. The molecule has 1 N–H and O–H groups in total. The van der Waals surface area contributed by atoms with Crippen LogP contribution in [0.1, 0.15) is 18.4 Å². The zero-order valence-electron chi connectivity index (χ0n) is 8.50. The predicted octanol–water partition coefficient (Wildman–Crippen LogP) is 2.27.